The second kappa shape index (κ2) is 20.3. The topological polar surface area (TPSA) is 48.5 Å². The molecule has 0 N–H and O–H groups in total. The molecule has 0 saturated carbocycles. The number of fused-ring (bicyclic) bond motifs is 3. The fourth-order valence-corrected chi connectivity index (χ4v) is 4.36. The third kappa shape index (κ3) is 15.3. The molecule has 219 valence electrons. The first-order chi connectivity index (χ1) is 18.8. The first kappa shape index (κ1) is 40.1. The van der Waals surface area contributed by atoms with Gasteiger partial charge < -0.3 is 31.3 Å². The van der Waals surface area contributed by atoms with Crippen molar-refractivity contribution in [2.75, 3.05) is 0 Å². The zero-order valence-corrected chi connectivity index (χ0v) is 36.9. The second-order valence-electron chi connectivity index (χ2n) is 8.59. The predicted octanol–water partition coefficient (Wildman–Crippen LogP) is 10.9. The van der Waals surface area contributed by atoms with Crippen LogP contribution in [0.25, 0.3) is 28.1 Å². The van der Waals surface area contributed by atoms with E-state index in [9.17, 15) is 0 Å². The number of allylic oxidation sites excluding steroid dienone is 1. The Morgan fingerprint density at radius 1 is 0.878 bits per heavy atom. The summed E-state index contributed by atoms with van der Waals surface area (Å²) in [5, 5.41) is 2.34. The third-order valence-corrected chi connectivity index (χ3v) is 6.23. The van der Waals surface area contributed by atoms with Crippen LogP contribution >= 0.6 is 125 Å². The monoisotopic (exact) mass is 1140 g/mol. The van der Waals surface area contributed by atoms with Crippen LogP contribution in [0.5, 0.6) is 0 Å². The van der Waals surface area contributed by atoms with Crippen molar-refractivity contribution in [1.29, 1.82) is 0 Å². The van der Waals surface area contributed by atoms with E-state index >= 15 is 0 Å². The summed E-state index contributed by atoms with van der Waals surface area (Å²) in [7, 11) is 5.19. The molecule has 0 spiro atoms. The number of rotatable bonds is 0. The van der Waals surface area contributed by atoms with Gasteiger partial charge in [0.1, 0.15) is 10.7 Å². The molecule has 5 nitrogen and oxygen atoms in total. The van der Waals surface area contributed by atoms with Gasteiger partial charge in [0.05, 0.1) is 5.69 Å². The average Bonchev–Trinajstić information content (AvgIpc) is 3.58. The zero-order valence-electron chi connectivity index (χ0n) is 22.9. The summed E-state index contributed by atoms with van der Waals surface area (Å²) in [6.07, 6.45) is 14.8. The van der Waals surface area contributed by atoms with Crippen LogP contribution in [0, 0.1) is 18.3 Å². The average molecular weight is 1140 g/mol. The van der Waals surface area contributed by atoms with E-state index in [0.717, 1.165) is 27.6 Å². The summed E-state index contributed by atoms with van der Waals surface area (Å²) in [6.45, 7) is 8.25. The predicted molar refractivity (Wildman–Crippen MR) is 218 cm³/mol. The number of hydrogen-bond donors (Lipinski definition) is 0. The Morgan fingerprint density at radius 2 is 1.34 bits per heavy atom. The van der Waals surface area contributed by atoms with Crippen molar-refractivity contribution in [3.8, 4) is 0 Å². The van der Waals surface area contributed by atoms with Crippen LogP contribution in [0.4, 0.5) is 0 Å². The van der Waals surface area contributed by atoms with Crippen LogP contribution in [-0.4, -0.2) is 23.1 Å². The molecule has 0 fully saturated rings. The van der Waals surface area contributed by atoms with E-state index in [1.165, 1.54) is 27.8 Å². The Hall–Kier alpha value is 1.11. The second-order valence-corrected chi connectivity index (χ2v) is 24.5. The minimum atomic E-state index is 0. The zero-order chi connectivity index (χ0) is 29.9. The van der Waals surface area contributed by atoms with E-state index in [1.807, 2.05) is 63.9 Å². The van der Waals surface area contributed by atoms with Gasteiger partial charge in [-0.2, -0.15) is 6.92 Å². The maximum atomic E-state index is 4.30. The molecule has 0 bridgehead atoms. The number of aromatic nitrogens is 5. The van der Waals surface area contributed by atoms with Crippen LogP contribution in [0.3, 0.4) is 0 Å². The van der Waals surface area contributed by atoms with Crippen LogP contribution in [0.1, 0.15) is 36.2 Å². The maximum Gasteiger partial charge on any atom is 0.142 e. The van der Waals surface area contributed by atoms with Crippen LogP contribution in [-0.2, 0) is 25.0 Å². The molecule has 2 atom stereocenters. The van der Waals surface area contributed by atoms with Crippen LogP contribution in [0.15, 0.2) is 71.9 Å². The summed E-state index contributed by atoms with van der Waals surface area (Å²) in [4.78, 5) is 12.8. The molecule has 0 amide bonds. The molecule has 0 saturated heterocycles. The molecule has 1 radical (unpaired) electrons. The van der Waals surface area contributed by atoms with Gasteiger partial charge >= 0.3 is 0 Å². The molecule has 6 rings (SSSR count). The SMILES string of the molecule is CC(I)(I)I.C[CH-]I.Cc1cnc2c(c1)C=CC2.Cc1cnc2c(ccn2P)c1.Pn1ccc2cc(Br)cnc21.[V]. The Labute approximate surface area is 323 Å². The maximum absolute atomic E-state index is 4.30. The Kier molecular flexibility index (Phi) is 19.9. The fourth-order valence-electron chi connectivity index (χ4n) is 3.40. The third-order valence-electron chi connectivity index (χ3n) is 4.96. The van der Waals surface area contributed by atoms with Gasteiger partial charge in [-0.1, -0.05) is 79.9 Å². The van der Waals surface area contributed by atoms with Crippen molar-refractivity contribution in [1.82, 2.24) is 23.6 Å². The molecule has 5 aromatic heterocycles. The van der Waals surface area contributed by atoms with Gasteiger partial charge in [0.2, 0.25) is 0 Å². The molecule has 13 heteroatoms. The number of nitrogens with zero attached hydrogens (tertiary/aromatic N) is 5. The molecule has 0 aliphatic heterocycles. The van der Waals surface area contributed by atoms with Gasteiger partial charge in [-0.15, -0.1) is 0 Å². The minimum Gasteiger partial charge on any atom is -0.317 e. The van der Waals surface area contributed by atoms with Gasteiger partial charge in [-0.25, -0.2) is 9.97 Å². The van der Waals surface area contributed by atoms with Crippen LogP contribution in [0.2, 0.25) is 0 Å². The van der Waals surface area contributed by atoms with E-state index in [4.69, 9.17) is 0 Å². The Balaban J connectivity index is 0.000000270. The first-order valence-electron chi connectivity index (χ1n) is 12.0. The standard InChI is InChI=1S/C9H9N.C8H9N2P.C7H6BrN2P.C2H3I3.C2H4I.V/c1-7-5-8-3-2-4-9(8)10-6-7;1-6-4-7-2-3-10(11)8(7)9-5-6;8-6-3-5-1-2-10(11)7(5)9-4-6;1-2(3,4)5;1-2-3;/h2-3,5-6H,4H2,1H3;2-5H,11H2,1H3;1-4H,11H2;1H3;2H,1H3;/q;;;;-1;. The normalized spacial score (nSPS) is 11.0. The molecule has 2 unspecified atom stereocenters. The quantitative estimate of drug-likeness (QED) is 0.0672. The van der Waals surface area contributed by atoms with Gasteiger partial charge in [0.15, 0.2) is 0 Å². The van der Waals surface area contributed by atoms with Gasteiger partial charge in [0.25, 0.3) is 0 Å². The summed E-state index contributed by atoms with van der Waals surface area (Å²) in [5.74, 6) is 0. The number of halogens is 5. The molecule has 1 aliphatic rings. The van der Waals surface area contributed by atoms with Gasteiger partial charge in [-0.3, -0.25) is 9.41 Å². The smallest absolute Gasteiger partial charge is 0.142 e. The van der Waals surface area contributed by atoms with Gasteiger partial charge in [-0.05, 0) is 103 Å². The van der Waals surface area contributed by atoms with Crippen molar-refractivity contribution in [3.05, 3.63) is 98.7 Å². The summed E-state index contributed by atoms with van der Waals surface area (Å²) in [6, 6.07) is 10.4. The van der Waals surface area contributed by atoms with E-state index in [-0.39, 0.29) is 18.6 Å². The van der Waals surface area contributed by atoms with Crippen molar-refractivity contribution in [2.45, 2.75) is 33.6 Å². The number of hydrogen-bond acceptors (Lipinski definition) is 3. The minimum absolute atomic E-state index is 0. The van der Waals surface area contributed by atoms with E-state index in [0.29, 0.717) is -0.565 Å². The largest absolute Gasteiger partial charge is 0.317 e. The molecule has 5 aromatic rings. The number of aryl methyl sites for hydroxylation is 2. The molecule has 41 heavy (non-hydrogen) atoms. The van der Waals surface area contributed by atoms with Crippen LogP contribution < -0.4 is 0 Å². The van der Waals surface area contributed by atoms with Crippen molar-refractivity contribution >= 4 is 153 Å². The number of alkyl halides is 3. The number of pyridine rings is 3. The van der Waals surface area contributed by atoms with Crippen molar-refractivity contribution in [3.63, 3.8) is 0 Å². The Bertz CT molecular complexity index is 1470. The van der Waals surface area contributed by atoms with E-state index < -0.39 is 0 Å². The molecular formula is C28H31BrI4N5P2V-. The molecule has 0 aromatic carbocycles. The Morgan fingerprint density at radius 3 is 1.90 bits per heavy atom. The summed E-state index contributed by atoms with van der Waals surface area (Å²) >= 11 is 12.6. The van der Waals surface area contributed by atoms with E-state index in [1.54, 1.807) is 6.20 Å². The summed E-state index contributed by atoms with van der Waals surface area (Å²) in [5.41, 5.74) is 6.95. The molecule has 5 heterocycles. The molecular weight excluding hydrogens is 1110 g/mol. The molecule has 1 aliphatic carbocycles. The van der Waals surface area contributed by atoms with Crippen molar-refractivity contribution in [2.24, 2.45) is 0 Å². The van der Waals surface area contributed by atoms with Gasteiger partial charge in [0, 0.05) is 71.2 Å². The fraction of sp³-hybridized carbons (Fsp3) is 0.214. The van der Waals surface area contributed by atoms with E-state index in [2.05, 4.69) is 184 Å². The van der Waals surface area contributed by atoms with Crippen molar-refractivity contribution < 1.29 is 18.6 Å². The first-order valence-corrected chi connectivity index (χ1v) is 18.3. The summed E-state index contributed by atoms with van der Waals surface area (Å²) < 4.78 is 7.25.